The van der Waals surface area contributed by atoms with Gasteiger partial charge in [-0.25, -0.2) is 19.2 Å². The number of ether oxygens (including phenoxy) is 6. The predicted octanol–water partition coefficient (Wildman–Crippen LogP) is 14.6. The monoisotopic (exact) mass is 1090 g/mol. The van der Waals surface area contributed by atoms with Crippen LogP contribution < -0.4 is 0 Å². The Morgan fingerprint density at radius 2 is 1.15 bits per heavy atom. The van der Waals surface area contributed by atoms with Crippen molar-refractivity contribution in [2.75, 3.05) is 19.0 Å². The van der Waals surface area contributed by atoms with Crippen LogP contribution in [0, 0.1) is 56.7 Å². The zero-order valence-electron chi connectivity index (χ0n) is 47.3. The van der Waals surface area contributed by atoms with Gasteiger partial charge in [-0.1, -0.05) is 126 Å². The smallest absolute Gasteiger partial charge is 0.338 e. The Bertz CT molecular complexity index is 2820. The lowest BCUT2D eigenvalue weighted by atomic mass is 9.32. The Balaban J connectivity index is 0.967. The van der Waals surface area contributed by atoms with Gasteiger partial charge in [0.1, 0.15) is 18.1 Å². The molecule has 0 unspecified atom stereocenters. The van der Waals surface area contributed by atoms with E-state index in [1.165, 1.54) is 55.9 Å². The number of hydrogen-bond donors (Lipinski definition) is 0. The van der Waals surface area contributed by atoms with E-state index >= 15 is 0 Å². The molecule has 6 aliphatic rings. The number of esters is 4. The van der Waals surface area contributed by atoms with E-state index in [2.05, 4.69) is 48.1 Å². The van der Waals surface area contributed by atoms with Crippen molar-refractivity contribution < 1.29 is 47.6 Å². The van der Waals surface area contributed by atoms with Crippen molar-refractivity contribution in [2.24, 2.45) is 56.7 Å². The molecule has 0 aromatic heterocycles. The number of allylic oxidation sites excluding steroid dienone is 1. The third-order valence-electron chi connectivity index (χ3n) is 21.2. The SMILES string of the molecule is C=CCO[C@H]1CC[C@]2(C)[C@H]3CC[C@@H]4[C@H]5[C@H](C(=C)C)CC[C@]5(CCS[C@H]5O[C@H](COC(=O)c6ccccc6)[C@H](OC(=O)c6ccccc6)[C@@H](OC(=O)c6ccccc6)[C@@H]5OC(=O)c5ccccc5)CC[C@@]4(C)[C@]3(C)CC[C@H]2C1(C)C. The summed E-state index contributed by atoms with van der Waals surface area (Å²) in [5, 5.41) is 0. The standard InChI is InChI=1S/C68H82O10S/c1-9-41-73-54-34-35-65(6)52(64(54,4)5)33-36-67(8)53(65)31-30-50-55-49(44(2)3)32-37-68(55,39-38-66(50,67)7)40-42-79-63-58(78-62(72)48-28-20-13-21-29-48)57(77-61(71)47-26-18-12-19-27-47)56(76-60(70)46-24-16-11-17-25-46)51(75-63)43-74-59(69)45-22-14-10-15-23-45/h9-29,49-58,63H,1-2,30-43H2,3-8H3/t49-,50+,51+,52-,53+,54-,55+,56-,57+,58-,63+,65-,66+,67+,68+/m0/s1. The van der Waals surface area contributed by atoms with Crippen molar-refractivity contribution in [2.45, 2.75) is 148 Å². The molecule has 0 bridgehead atoms. The summed E-state index contributed by atoms with van der Waals surface area (Å²) in [7, 11) is 0. The third kappa shape index (κ3) is 10.7. The second-order valence-electron chi connectivity index (χ2n) is 25.4. The Hall–Kier alpha value is -5.49. The molecule has 5 aliphatic carbocycles. The van der Waals surface area contributed by atoms with Crippen molar-refractivity contribution in [1.29, 1.82) is 0 Å². The quantitative estimate of drug-likeness (QED) is 0.0570. The number of rotatable bonds is 17. The third-order valence-corrected chi connectivity index (χ3v) is 22.4. The fraction of sp³-hybridized carbons (Fsp3) is 0.529. The molecule has 0 radical (unpaired) electrons. The molecule has 5 saturated carbocycles. The highest BCUT2D eigenvalue weighted by atomic mass is 32.2. The molecule has 79 heavy (non-hydrogen) atoms. The first-order valence-corrected chi connectivity index (χ1v) is 30.1. The highest BCUT2D eigenvalue weighted by Gasteiger charge is 2.71. The van der Waals surface area contributed by atoms with Crippen molar-refractivity contribution >= 4 is 35.6 Å². The molecule has 4 aromatic rings. The van der Waals surface area contributed by atoms with Crippen LogP contribution in [0.15, 0.2) is 146 Å². The van der Waals surface area contributed by atoms with E-state index in [-0.39, 0.29) is 50.9 Å². The molecule has 420 valence electrons. The number of benzene rings is 4. The Morgan fingerprint density at radius 1 is 0.608 bits per heavy atom. The first-order chi connectivity index (χ1) is 37.9. The summed E-state index contributed by atoms with van der Waals surface area (Å²) >= 11 is 1.52. The van der Waals surface area contributed by atoms with Crippen LogP contribution >= 0.6 is 11.8 Å². The van der Waals surface area contributed by atoms with Crippen LogP contribution in [0.25, 0.3) is 0 Å². The number of hydrogen-bond acceptors (Lipinski definition) is 11. The van der Waals surface area contributed by atoms with Crippen LogP contribution in [-0.2, 0) is 28.4 Å². The second kappa shape index (κ2) is 23.2. The van der Waals surface area contributed by atoms with Gasteiger partial charge in [0, 0.05) is 0 Å². The summed E-state index contributed by atoms with van der Waals surface area (Å²) in [5.74, 6) is 0.587. The molecule has 1 heterocycles. The topological polar surface area (TPSA) is 124 Å². The molecule has 15 atom stereocenters. The van der Waals surface area contributed by atoms with E-state index in [1.54, 1.807) is 109 Å². The summed E-state index contributed by atoms with van der Waals surface area (Å²) in [4.78, 5) is 56.6. The van der Waals surface area contributed by atoms with Gasteiger partial charge in [-0.05, 0) is 189 Å². The van der Waals surface area contributed by atoms with Gasteiger partial charge >= 0.3 is 23.9 Å². The van der Waals surface area contributed by atoms with Crippen LogP contribution in [0.5, 0.6) is 0 Å². The van der Waals surface area contributed by atoms with Gasteiger partial charge < -0.3 is 28.4 Å². The Morgan fingerprint density at radius 3 is 1.71 bits per heavy atom. The summed E-state index contributed by atoms with van der Waals surface area (Å²) in [6.45, 7) is 24.2. The van der Waals surface area contributed by atoms with Crippen LogP contribution in [0.3, 0.4) is 0 Å². The van der Waals surface area contributed by atoms with Crippen LogP contribution in [0.2, 0.25) is 0 Å². The molecule has 1 aliphatic heterocycles. The van der Waals surface area contributed by atoms with E-state index in [1.807, 2.05) is 18.2 Å². The van der Waals surface area contributed by atoms with E-state index in [4.69, 9.17) is 35.0 Å². The molecular formula is C68H82O10S. The summed E-state index contributed by atoms with van der Waals surface area (Å²) in [6, 6.07) is 34.3. The first kappa shape index (κ1) is 56.8. The maximum Gasteiger partial charge on any atom is 0.338 e. The van der Waals surface area contributed by atoms with E-state index < -0.39 is 53.7 Å². The highest BCUT2D eigenvalue weighted by Crippen LogP contribution is 2.78. The van der Waals surface area contributed by atoms with Crippen molar-refractivity contribution in [3.05, 3.63) is 168 Å². The number of thioether (sulfide) groups is 1. The molecular weight excluding hydrogens is 1010 g/mol. The lowest BCUT2D eigenvalue weighted by Gasteiger charge is -2.73. The molecule has 11 heteroatoms. The molecule has 1 saturated heterocycles. The van der Waals surface area contributed by atoms with E-state index in [0.717, 1.165) is 32.1 Å². The summed E-state index contributed by atoms with van der Waals surface area (Å²) in [5.41, 5.74) is 2.15. The molecule has 10 rings (SSSR count). The molecule has 0 amide bonds. The number of carbonyl (C=O) groups excluding carboxylic acids is 4. The molecule has 0 N–H and O–H groups in total. The zero-order chi connectivity index (χ0) is 55.7. The lowest BCUT2D eigenvalue weighted by Crippen LogP contribution is -2.66. The molecule has 10 nitrogen and oxygen atoms in total. The minimum Gasteiger partial charge on any atom is -0.459 e. The van der Waals surface area contributed by atoms with Crippen molar-refractivity contribution in [1.82, 2.24) is 0 Å². The normalized spacial score (nSPS) is 35.2. The van der Waals surface area contributed by atoms with Crippen molar-refractivity contribution in [3.8, 4) is 0 Å². The highest BCUT2D eigenvalue weighted by molar-refractivity contribution is 7.99. The second-order valence-corrected chi connectivity index (χ2v) is 26.6. The average Bonchev–Trinajstić information content (AvgIpc) is 3.20. The average molecular weight is 1090 g/mol. The largest absolute Gasteiger partial charge is 0.459 e. The Labute approximate surface area is 473 Å². The minimum absolute atomic E-state index is 0.0378. The van der Waals surface area contributed by atoms with Gasteiger partial charge in [0.25, 0.3) is 0 Å². The fourth-order valence-corrected chi connectivity index (χ4v) is 18.6. The van der Waals surface area contributed by atoms with Gasteiger partial charge in [-0.3, -0.25) is 0 Å². The molecule has 4 aromatic carbocycles. The van der Waals surface area contributed by atoms with Gasteiger partial charge in [0.05, 0.1) is 35.0 Å². The minimum atomic E-state index is -1.39. The van der Waals surface area contributed by atoms with Crippen LogP contribution in [-0.4, -0.2) is 78.8 Å². The fourth-order valence-electron chi connectivity index (χ4n) is 17.2. The molecule has 0 spiro atoms. The van der Waals surface area contributed by atoms with Crippen molar-refractivity contribution in [3.63, 3.8) is 0 Å². The van der Waals surface area contributed by atoms with Gasteiger partial charge in [-0.2, -0.15) is 0 Å². The van der Waals surface area contributed by atoms with E-state index in [0.29, 0.717) is 53.1 Å². The predicted molar refractivity (Wildman–Crippen MR) is 308 cm³/mol. The first-order valence-electron chi connectivity index (χ1n) is 29.1. The van der Waals surface area contributed by atoms with Gasteiger partial charge in [0.2, 0.25) is 0 Å². The maximum absolute atomic E-state index is 14.4. The molecule has 6 fully saturated rings. The number of carbonyl (C=O) groups is 4. The van der Waals surface area contributed by atoms with Gasteiger partial charge in [0.15, 0.2) is 18.3 Å². The maximum atomic E-state index is 14.4. The summed E-state index contributed by atoms with van der Waals surface area (Å²) < 4.78 is 38.9. The number of fused-ring (bicyclic) bond motifs is 7. The van der Waals surface area contributed by atoms with Crippen LogP contribution in [0.1, 0.15) is 154 Å². The zero-order valence-corrected chi connectivity index (χ0v) is 48.1. The summed E-state index contributed by atoms with van der Waals surface area (Å²) in [6.07, 6.45) is 9.53. The van der Waals surface area contributed by atoms with E-state index in [9.17, 15) is 19.2 Å². The van der Waals surface area contributed by atoms with Gasteiger partial charge in [-0.15, -0.1) is 18.3 Å². The Kier molecular flexibility index (Phi) is 16.6. The lowest BCUT2D eigenvalue weighted by molar-refractivity contribution is -0.250. The van der Waals surface area contributed by atoms with Crippen LogP contribution in [0.4, 0.5) is 0 Å².